The number of nitrogens with zero attached hydrogens (tertiary/aromatic N) is 1. The fourth-order valence-electron chi connectivity index (χ4n) is 1.80. The second-order valence-corrected chi connectivity index (χ2v) is 6.61. The summed E-state index contributed by atoms with van der Waals surface area (Å²) in [5.41, 5.74) is -0.0766. The highest BCUT2D eigenvalue weighted by atomic mass is 32.2. The van der Waals surface area contributed by atoms with E-state index in [1.165, 1.54) is 12.1 Å². The number of hydrogen-bond donors (Lipinski definition) is 1. The third kappa shape index (κ3) is 3.20. The van der Waals surface area contributed by atoms with Gasteiger partial charge in [-0.25, -0.2) is 17.5 Å². The molecule has 0 saturated heterocycles. The number of hydrogen-bond acceptors (Lipinski definition) is 3. The van der Waals surface area contributed by atoms with E-state index in [9.17, 15) is 12.8 Å². The van der Waals surface area contributed by atoms with E-state index in [-0.39, 0.29) is 4.90 Å². The molecule has 0 aliphatic rings. The van der Waals surface area contributed by atoms with E-state index in [1.807, 2.05) is 0 Å². The van der Waals surface area contributed by atoms with E-state index in [1.54, 1.807) is 38.4 Å². The second kappa shape index (κ2) is 5.30. The summed E-state index contributed by atoms with van der Waals surface area (Å²) < 4.78 is 40.0. The zero-order valence-electron chi connectivity index (χ0n) is 11.2. The fourth-order valence-corrected chi connectivity index (χ4v) is 3.20. The van der Waals surface area contributed by atoms with E-state index < -0.39 is 21.4 Å². The van der Waals surface area contributed by atoms with E-state index in [0.29, 0.717) is 0 Å². The molecule has 6 heteroatoms. The minimum atomic E-state index is -3.73. The van der Waals surface area contributed by atoms with E-state index in [0.717, 1.165) is 17.7 Å². The normalized spacial score (nSPS) is 12.3. The maximum Gasteiger partial charge on any atom is 0.241 e. The van der Waals surface area contributed by atoms with Crippen molar-refractivity contribution in [3.8, 4) is 0 Å². The molecule has 0 amide bonds. The molecule has 1 heterocycles. The Balaban J connectivity index is 2.30. The van der Waals surface area contributed by atoms with Gasteiger partial charge in [0.15, 0.2) is 0 Å². The summed E-state index contributed by atoms with van der Waals surface area (Å²) in [7, 11) is -3.73. The van der Waals surface area contributed by atoms with Gasteiger partial charge in [0, 0.05) is 12.4 Å². The summed E-state index contributed by atoms with van der Waals surface area (Å²) in [6.45, 7) is 3.48. The van der Waals surface area contributed by atoms with E-state index in [4.69, 9.17) is 0 Å². The molecular formula is C14H15FN2O2S. The maximum atomic E-state index is 12.9. The Hall–Kier alpha value is -1.79. The summed E-state index contributed by atoms with van der Waals surface area (Å²) in [5, 5.41) is 0. The number of sulfonamides is 1. The number of rotatable bonds is 4. The Morgan fingerprint density at radius 2 is 1.80 bits per heavy atom. The third-order valence-electron chi connectivity index (χ3n) is 2.90. The lowest BCUT2D eigenvalue weighted by Gasteiger charge is -2.26. The van der Waals surface area contributed by atoms with Crippen molar-refractivity contribution in [2.24, 2.45) is 0 Å². The van der Waals surface area contributed by atoms with Gasteiger partial charge in [0.2, 0.25) is 10.0 Å². The highest BCUT2D eigenvalue weighted by Crippen LogP contribution is 2.22. The van der Waals surface area contributed by atoms with Crippen molar-refractivity contribution in [3.63, 3.8) is 0 Å². The van der Waals surface area contributed by atoms with Crippen LogP contribution >= 0.6 is 0 Å². The number of pyridine rings is 1. The minimum Gasteiger partial charge on any atom is -0.264 e. The Bertz CT molecular complexity index is 683. The van der Waals surface area contributed by atoms with Crippen LogP contribution in [-0.2, 0) is 15.6 Å². The molecule has 0 radical (unpaired) electrons. The summed E-state index contributed by atoms with van der Waals surface area (Å²) in [6.07, 6.45) is 3.22. The first-order chi connectivity index (χ1) is 9.31. The first kappa shape index (κ1) is 14.6. The molecule has 0 aliphatic heterocycles. The summed E-state index contributed by atoms with van der Waals surface area (Å²) in [6, 6.07) is 8.23. The van der Waals surface area contributed by atoms with Crippen molar-refractivity contribution in [2.45, 2.75) is 24.3 Å². The van der Waals surface area contributed by atoms with Crippen molar-refractivity contribution >= 4 is 10.0 Å². The van der Waals surface area contributed by atoms with Crippen LogP contribution in [0, 0.1) is 5.82 Å². The van der Waals surface area contributed by atoms with Crippen molar-refractivity contribution in [3.05, 3.63) is 60.2 Å². The molecule has 2 rings (SSSR count). The van der Waals surface area contributed by atoms with Crippen LogP contribution in [0.15, 0.2) is 53.7 Å². The van der Waals surface area contributed by atoms with Gasteiger partial charge < -0.3 is 0 Å². The number of halogens is 1. The number of aromatic nitrogens is 1. The Morgan fingerprint density at radius 1 is 1.15 bits per heavy atom. The van der Waals surface area contributed by atoms with E-state index >= 15 is 0 Å². The van der Waals surface area contributed by atoms with Crippen LogP contribution in [0.4, 0.5) is 4.39 Å². The van der Waals surface area contributed by atoms with Gasteiger partial charge in [-0.2, -0.15) is 0 Å². The zero-order valence-corrected chi connectivity index (χ0v) is 12.0. The monoisotopic (exact) mass is 294 g/mol. The molecule has 1 N–H and O–H groups in total. The van der Waals surface area contributed by atoms with Crippen molar-refractivity contribution in [1.82, 2.24) is 9.71 Å². The number of nitrogens with one attached hydrogen (secondary N) is 1. The highest BCUT2D eigenvalue weighted by molar-refractivity contribution is 7.89. The Kier molecular flexibility index (Phi) is 3.87. The molecule has 0 unspecified atom stereocenters. The van der Waals surface area contributed by atoms with Gasteiger partial charge in [0.25, 0.3) is 0 Å². The largest absolute Gasteiger partial charge is 0.264 e. The number of benzene rings is 1. The predicted octanol–water partition coefficient (Wildman–Crippen LogP) is 2.43. The van der Waals surface area contributed by atoms with Gasteiger partial charge in [0.05, 0.1) is 10.4 Å². The molecular weight excluding hydrogens is 279 g/mol. The Labute approximate surface area is 117 Å². The van der Waals surface area contributed by atoms with Crippen LogP contribution in [0.1, 0.15) is 19.4 Å². The summed E-state index contributed by atoms with van der Waals surface area (Å²) in [5.74, 6) is -0.476. The zero-order chi connectivity index (χ0) is 14.8. The molecule has 0 saturated carbocycles. The summed E-state index contributed by atoms with van der Waals surface area (Å²) in [4.78, 5) is 4.00. The van der Waals surface area contributed by atoms with Crippen LogP contribution in [-0.4, -0.2) is 13.4 Å². The molecule has 0 bridgehead atoms. The van der Waals surface area contributed by atoms with Crippen molar-refractivity contribution in [2.75, 3.05) is 0 Å². The lowest BCUT2D eigenvalue weighted by atomic mass is 9.98. The molecule has 0 atom stereocenters. The highest BCUT2D eigenvalue weighted by Gasteiger charge is 2.28. The van der Waals surface area contributed by atoms with Gasteiger partial charge in [-0.1, -0.05) is 6.07 Å². The first-order valence-corrected chi connectivity index (χ1v) is 7.50. The van der Waals surface area contributed by atoms with Crippen LogP contribution < -0.4 is 4.72 Å². The molecule has 20 heavy (non-hydrogen) atoms. The molecule has 0 fully saturated rings. The van der Waals surface area contributed by atoms with Crippen molar-refractivity contribution in [1.29, 1.82) is 0 Å². The molecule has 0 aliphatic carbocycles. The average molecular weight is 294 g/mol. The molecule has 1 aromatic heterocycles. The molecule has 0 spiro atoms. The van der Waals surface area contributed by atoms with Gasteiger partial charge in [-0.15, -0.1) is 0 Å². The van der Waals surface area contributed by atoms with Crippen LogP contribution in [0.25, 0.3) is 0 Å². The van der Waals surface area contributed by atoms with Gasteiger partial charge in [0.1, 0.15) is 5.82 Å². The molecule has 106 valence electrons. The maximum absolute atomic E-state index is 12.9. The lowest BCUT2D eigenvalue weighted by Crippen LogP contribution is -2.40. The third-order valence-corrected chi connectivity index (χ3v) is 4.57. The minimum absolute atomic E-state index is 0.0239. The van der Waals surface area contributed by atoms with Gasteiger partial charge in [-0.3, -0.25) is 4.98 Å². The predicted molar refractivity (Wildman–Crippen MR) is 74.0 cm³/mol. The van der Waals surface area contributed by atoms with Crippen LogP contribution in [0.3, 0.4) is 0 Å². The van der Waals surface area contributed by atoms with Crippen LogP contribution in [0.2, 0.25) is 0 Å². The molecule has 1 aromatic carbocycles. The SMILES string of the molecule is CC(C)(NS(=O)(=O)c1ccc(F)cc1)c1cccnc1. The Morgan fingerprint density at radius 3 is 2.35 bits per heavy atom. The average Bonchev–Trinajstić information content (AvgIpc) is 2.39. The standard InChI is InChI=1S/C14H15FN2O2S/c1-14(2,11-4-3-9-16-10-11)17-20(18,19)13-7-5-12(15)6-8-13/h3-10,17H,1-2H3. The lowest BCUT2D eigenvalue weighted by molar-refractivity contribution is 0.470. The molecule has 2 aromatic rings. The topological polar surface area (TPSA) is 59.1 Å². The first-order valence-electron chi connectivity index (χ1n) is 6.01. The van der Waals surface area contributed by atoms with Crippen LogP contribution in [0.5, 0.6) is 0 Å². The van der Waals surface area contributed by atoms with Gasteiger partial charge in [-0.05, 0) is 49.7 Å². The van der Waals surface area contributed by atoms with Gasteiger partial charge >= 0.3 is 0 Å². The summed E-state index contributed by atoms with van der Waals surface area (Å²) >= 11 is 0. The second-order valence-electron chi connectivity index (χ2n) is 4.93. The quantitative estimate of drug-likeness (QED) is 0.942. The van der Waals surface area contributed by atoms with Crippen molar-refractivity contribution < 1.29 is 12.8 Å². The fraction of sp³-hybridized carbons (Fsp3) is 0.214. The smallest absolute Gasteiger partial charge is 0.241 e. The van der Waals surface area contributed by atoms with E-state index in [2.05, 4.69) is 9.71 Å². The molecule has 4 nitrogen and oxygen atoms in total.